The van der Waals surface area contributed by atoms with Crippen molar-refractivity contribution in [2.24, 2.45) is 0 Å². The van der Waals surface area contributed by atoms with Crippen LogP contribution >= 0.6 is 0 Å². The van der Waals surface area contributed by atoms with Gasteiger partial charge in [-0.1, -0.05) is 218 Å². The zero-order valence-corrected chi connectivity index (χ0v) is 35.6. The van der Waals surface area contributed by atoms with E-state index in [-0.39, 0.29) is 0 Å². The third kappa shape index (κ3) is 5.85. The Morgan fingerprint density at radius 3 is 1.38 bits per heavy atom. The normalized spacial score (nSPS) is 11.8. The van der Waals surface area contributed by atoms with Crippen molar-refractivity contribution in [3.63, 3.8) is 0 Å². The van der Waals surface area contributed by atoms with Gasteiger partial charge >= 0.3 is 0 Å². The van der Waals surface area contributed by atoms with E-state index in [0.29, 0.717) is 0 Å². The molecule has 2 nitrogen and oxygen atoms in total. The van der Waals surface area contributed by atoms with Crippen molar-refractivity contribution < 1.29 is 0 Å². The monoisotopic (exact) mass is 818 g/mol. The van der Waals surface area contributed by atoms with Crippen molar-refractivity contribution in [3.8, 4) is 33.6 Å². The fraction of sp³-hybridized carbons (Fsp3) is 0. The third-order valence-electron chi connectivity index (χ3n) is 13.0. The number of benzene rings is 10. The molecule has 0 unspecified atom stereocenters. The highest BCUT2D eigenvalue weighted by Gasteiger charge is 2.42. The molecule has 0 fully saturated rings. The summed E-state index contributed by atoms with van der Waals surface area (Å²) >= 11 is 0. The van der Waals surface area contributed by atoms with E-state index >= 15 is 0 Å². The zero-order valence-electron chi connectivity index (χ0n) is 34.6. The molecular weight excluding hydrogens is 777 g/mol. The maximum Gasteiger partial charge on any atom is 0.179 e. The molecule has 296 valence electrons. The van der Waals surface area contributed by atoms with Crippen molar-refractivity contribution >= 4 is 72.4 Å². The molecular formula is C60H42N2Si. The second-order valence-corrected chi connectivity index (χ2v) is 20.2. The van der Waals surface area contributed by atoms with Crippen molar-refractivity contribution in [3.05, 3.63) is 255 Å². The first-order valence-corrected chi connectivity index (χ1v) is 23.8. The van der Waals surface area contributed by atoms with E-state index in [1.54, 1.807) is 0 Å². The first-order chi connectivity index (χ1) is 31.3. The number of rotatable bonds is 8. The van der Waals surface area contributed by atoms with Gasteiger partial charge in [-0.25, -0.2) is 0 Å². The maximum atomic E-state index is 2.57. The standard InChI is InChI=1S/C60H42N2Si/c1-6-22-43(23-7-1)45-26-20-27-46(40-45)61-55-37-18-16-34-51(55)52-36-21-39-57(60(52)61)62-56-38-19-17-35-53(56)59-54(44-24-8-2-9-25-44)41-50(42-58(59)62)63(47-28-10-3-11-29-47,48-30-12-4-13-31-48)49-32-14-5-15-33-49/h1-42H. The fourth-order valence-corrected chi connectivity index (χ4v) is 15.2. The lowest BCUT2D eigenvalue weighted by Gasteiger charge is -2.35. The molecule has 0 bridgehead atoms. The van der Waals surface area contributed by atoms with Crippen molar-refractivity contribution in [2.75, 3.05) is 0 Å². The highest BCUT2D eigenvalue weighted by Crippen LogP contribution is 2.42. The maximum absolute atomic E-state index is 2.95. The van der Waals surface area contributed by atoms with Gasteiger partial charge in [-0.05, 0) is 79.4 Å². The number of fused-ring (bicyclic) bond motifs is 6. The summed E-state index contributed by atoms with van der Waals surface area (Å²) in [6.45, 7) is 0. The van der Waals surface area contributed by atoms with Crippen LogP contribution in [0.4, 0.5) is 0 Å². The molecule has 2 heterocycles. The highest BCUT2D eigenvalue weighted by molar-refractivity contribution is 7.20. The summed E-state index contributed by atoms with van der Waals surface area (Å²) in [5, 5.41) is 10.3. The van der Waals surface area contributed by atoms with E-state index in [9.17, 15) is 0 Å². The molecule has 2 aromatic heterocycles. The number of nitrogens with zero attached hydrogens (tertiary/aromatic N) is 2. The Labute approximate surface area is 368 Å². The molecule has 0 aliphatic heterocycles. The molecule has 63 heavy (non-hydrogen) atoms. The lowest BCUT2D eigenvalue weighted by Crippen LogP contribution is -2.74. The van der Waals surface area contributed by atoms with Gasteiger partial charge in [0.05, 0.1) is 27.8 Å². The van der Waals surface area contributed by atoms with Crippen LogP contribution < -0.4 is 20.7 Å². The first-order valence-electron chi connectivity index (χ1n) is 21.8. The molecule has 0 atom stereocenters. The Kier molecular flexibility index (Phi) is 8.87. The van der Waals surface area contributed by atoms with Crippen LogP contribution in [0.2, 0.25) is 0 Å². The Bertz CT molecular complexity index is 3500. The van der Waals surface area contributed by atoms with Crippen molar-refractivity contribution in [1.82, 2.24) is 9.13 Å². The van der Waals surface area contributed by atoms with Crippen molar-refractivity contribution in [1.29, 1.82) is 0 Å². The van der Waals surface area contributed by atoms with Gasteiger partial charge in [0, 0.05) is 27.2 Å². The minimum Gasteiger partial charge on any atom is -0.307 e. The van der Waals surface area contributed by atoms with Gasteiger partial charge in [-0.2, -0.15) is 0 Å². The molecule has 0 saturated heterocycles. The van der Waals surface area contributed by atoms with E-state index in [1.807, 2.05) is 0 Å². The lowest BCUT2D eigenvalue weighted by atomic mass is 9.99. The van der Waals surface area contributed by atoms with Gasteiger partial charge in [-0.3, -0.25) is 0 Å². The summed E-state index contributed by atoms with van der Waals surface area (Å²) in [5.74, 6) is 0. The molecule has 10 aromatic carbocycles. The Morgan fingerprint density at radius 2 is 0.762 bits per heavy atom. The van der Waals surface area contributed by atoms with Crippen LogP contribution in [0, 0.1) is 0 Å². The minimum absolute atomic E-state index is 1.13. The number of aromatic nitrogens is 2. The van der Waals surface area contributed by atoms with Gasteiger partial charge in [0.15, 0.2) is 8.07 Å². The molecule has 12 rings (SSSR count). The quantitative estimate of drug-likeness (QED) is 0.107. The van der Waals surface area contributed by atoms with Crippen LogP contribution in [0.25, 0.3) is 77.2 Å². The average Bonchev–Trinajstić information content (AvgIpc) is 3.89. The molecule has 0 spiro atoms. The SMILES string of the molecule is c1ccc(-c2cccc(-n3c4ccccc4c4cccc(-n5c6ccccc6c6c(-c7ccccc7)cc([Si](c7ccccc7)(c7ccccc7)c7ccccc7)cc65)c43)c2)cc1. The molecule has 0 amide bonds. The van der Waals surface area contributed by atoms with Crippen LogP contribution in [-0.4, -0.2) is 17.2 Å². The van der Waals surface area contributed by atoms with E-state index in [0.717, 1.165) is 11.4 Å². The fourth-order valence-electron chi connectivity index (χ4n) is 10.4. The smallest absolute Gasteiger partial charge is 0.179 e. The minimum atomic E-state index is -2.95. The first kappa shape index (κ1) is 36.8. The van der Waals surface area contributed by atoms with Gasteiger partial charge in [-0.15, -0.1) is 0 Å². The van der Waals surface area contributed by atoms with E-state index in [2.05, 4.69) is 264 Å². The summed E-state index contributed by atoms with van der Waals surface area (Å²) in [6.07, 6.45) is 0. The molecule has 0 radical (unpaired) electrons. The molecule has 3 heteroatoms. The lowest BCUT2D eigenvalue weighted by molar-refractivity contribution is 1.13. The van der Waals surface area contributed by atoms with E-state index in [1.165, 1.54) is 86.6 Å². The van der Waals surface area contributed by atoms with Gasteiger partial charge in [0.1, 0.15) is 0 Å². The van der Waals surface area contributed by atoms with Crippen LogP contribution in [-0.2, 0) is 0 Å². The summed E-state index contributed by atoms with van der Waals surface area (Å²) in [6, 6.07) is 94.4. The zero-order chi connectivity index (χ0) is 41.7. The Balaban J connectivity index is 1.26. The average molecular weight is 819 g/mol. The Hall–Kier alpha value is -7.98. The summed E-state index contributed by atoms with van der Waals surface area (Å²) in [7, 11) is -2.95. The van der Waals surface area contributed by atoms with Crippen LogP contribution in [0.15, 0.2) is 255 Å². The van der Waals surface area contributed by atoms with Gasteiger partial charge in [0.25, 0.3) is 0 Å². The van der Waals surface area contributed by atoms with Gasteiger partial charge in [0.2, 0.25) is 0 Å². The second kappa shape index (κ2) is 15.2. The molecule has 0 saturated carbocycles. The largest absolute Gasteiger partial charge is 0.307 e. The predicted octanol–water partition coefficient (Wildman–Crippen LogP) is 12.6. The summed E-state index contributed by atoms with van der Waals surface area (Å²) in [4.78, 5) is 0. The number of para-hydroxylation sites is 3. The predicted molar refractivity (Wildman–Crippen MR) is 270 cm³/mol. The number of hydrogen-bond acceptors (Lipinski definition) is 0. The number of hydrogen-bond donors (Lipinski definition) is 0. The molecule has 0 aliphatic rings. The highest BCUT2D eigenvalue weighted by atomic mass is 28.3. The summed E-state index contributed by atoms with van der Waals surface area (Å²) in [5.41, 5.74) is 11.8. The topological polar surface area (TPSA) is 9.86 Å². The third-order valence-corrected chi connectivity index (χ3v) is 17.8. The van der Waals surface area contributed by atoms with Crippen molar-refractivity contribution in [2.45, 2.75) is 0 Å². The summed E-state index contributed by atoms with van der Waals surface area (Å²) < 4.78 is 5.06. The van der Waals surface area contributed by atoms with E-state index in [4.69, 9.17) is 0 Å². The Morgan fingerprint density at radius 1 is 0.286 bits per heavy atom. The van der Waals surface area contributed by atoms with Gasteiger partial charge < -0.3 is 9.13 Å². The van der Waals surface area contributed by atoms with Crippen LogP contribution in [0.3, 0.4) is 0 Å². The molecule has 0 aliphatic carbocycles. The van der Waals surface area contributed by atoms with E-state index < -0.39 is 8.07 Å². The molecule has 0 N–H and O–H groups in total. The molecule has 12 aromatic rings. The van der Waals surface area contributed by atoms with Crippen LogP contribution in [0.5, 0.6) is 0 Å². The van der Waals surface area contributed by atoms with Crippen LogP contribution in [0.1, 0.15) is 0 Å². The second-order valence-electron chi connectivity index (χ2n) is 16.4.